The molecule has 0 aromatic heterocycles. The van der Waals surface area contributed by atoms with Crippen LogP contribution in [-0.4, -0.2) is 21.7 Å². The summed E-state index contributed by atoms with van der Waals surface area (Å²) < 4.78 is 1.41. The molecule has 0 saturated heterocycles. The van der Waals surface area contributed by atoms with Gasteiger partial charge in [-0.2, -0.15) is 0 Å². The smallest absolute Gasteiger partial charge is 1.00 e. The molecule has 0 spiro atoms. The summed E-state index contributed by atoms with van der Waals surface area (Å²) in [5.41, 5.74) is 0. The van der Waals surface area contributed by atoms with Crippen LogP contribution in [0.4, 0.5) is 0 Å². The number of halogens is 1. The minimum Gasteiger partial charge on any atom is -1.00 e. The van der Waals surface area contributed by atoms with Crippen LogP contribution in [0.2, 0.25) is 4.55 Å². The minimum atomic E-state index is 0. The topological polar surface area (TPSA) is 0 Å². The van der Waals surface area contributed by atoms with Crippen molar-refractivity contribution in [2.75, 3.05) is 0 Å². The zero-order valence-electron chi connectivity index (χ0n) is 16.4. The van der Waals surface area contributed by atoms with E-state index in [0.717, 1.165) is 5.92 Å². The Kier molecular flexibility index (Phi) is 26.8. The van der Waals surface area contributed by atoms with Crippen molar-refractivity contribution in [1.82, 2.24) is 0 Å². The third-order valence-corrected chi connectivity index (χ3v) is 5.45. The van der Waals surface area contributed by atoms with Crippen LogP contribution in [0.5, 0.6) is 0 Å². The van der Waals surface area contributed by atoms with E-state index in [1.165, 1.54) is 114 Å². The van der Waals surface area contributed by atoms with Crippen molar-refractivity contribution in [2.45, 2.75) is 128 Å². The zero-order valence-corrected chi connectivity index (χ0v) is 19.4. The van der Waals surface area contributed by atoms with E-state index in [1.807, 2.05) is 0 Å². The van der Waals surface area contributed by atoms with Gasteiger partial charge in [0.1, 0.15) is 0 Å². The first-order valence-corrected chi connectivity index (χ1v) is 11.6. The average molecular weight is 400 g/mol. The molecule has 0 rings (SSSR count). The number of hydrogen-bond donors (Lipinski definition) is 0. The van der Waals surface area contributed by atoms with Crippen LogP contribution in [0.3, 0.4) is 0 Å². The first-order chi connectivity index (χ1) is 10.8. The molecule has 1 unspecified atom stereocenters. The maximum Gasteiger partial charge on any atom is -1.00 e. The third-order valence-electron chi connectivity index (χ3n) is 5.04. The van der Waals surface area contributed by atoms with E-state index in [0.29, 0.717) is 0 Å². The van der Waals surface area contributed by atoms with Crippen LogP contribution >= 0.6 is 0 Å². The molecule has 23 heavy (non-hydrogen) atoms. The van der Waals surface area contributed by atoms with Crippen LogP contribution in [0, 0.1) is 5.92 Å². The molecule has 0 aliphatic heterocycles. The van der Waals surface area contributed by atoms with Crippen molar-refractivity contribution in [1.29, 1.82) is 0 Å². The largest absolute Gasteiger partial charge is 1.00 e. The summed E-state index contributed by atoms with van der Waals surface area (Å²) in [7, 11) is 0. The Bertz CT molecular complexity index is 196. The molecular formula is C21H43BrMg. The van der Waals surface area contributed by atoms with Crippen molar-refractivity contribution in [2.24, 2.45) is 5.92 Å². The van der Waals surface area contributed by atoms with E-state index >= 15 is 0 Å². The zero-order chi connectivity index (χ0) is 16.3. The van der Waals surface area contributed by atoms with E-state index in [-0.39, 0.29) is 17.0 Å². The molecule has 0 heterocycles. The molecule has 0 N–H and O–H groups in total. The predicted molar refractivity (Wildman–Crippen MR) is 104 cm³/mol. The summed E-state index contributed by atoms with van der Waals surface area (Å²) >= 11 is 2.17. The Morgan fingerprint density at radius 2 is 0.870 bits per heavy atom. The quantitative estimate of drug-likeness (QED) is 0.228. The normalized spacial score (nSPS) is 12.2. The molecule has 0 bridgehead atoms. The molecular weight excluding hydrogens is 356 g/mol. The second-order valence-corrected chi connectivity index (χ2v) is 8.04. The molecule has 0 aliphatic rings. The second kappa shape index (κ2) is 23.2. The van der Waals surface area contributed by atoms with Gasteiger partial charge in [0.2, 0.25) is 0 Å². The van der Waals surface area contributed by atoms with E-state index < -0.39 is 0 Å². The molecule has 0 aromatic rings. The van der Waals surface area contributed by atoms with Crippen molar-refractivity contribution in [3.63, 3.8) is 0 Å². The summed E-state index contributed by atoms with van der Waals surface area (Å²) in [6.07, 6.45) is 25.0. The number of unbranched alkanes of at least 4 members (excludes halogenated alkanes) is 12. The van der Waals surface area contributed by atoms with E-state index in [1.54, 1.807) is 0 Å². The monoisotopic (exact) mass is 398 g/mol. The molecule has 1 atom stereocenters. The van der Waals surface area contributed by atoms with Gasteiger partial charge in [0.05, 0.1) is 0 Å². The van der Waals surface area contributed by atoms with Gasteiger partial charge in [-0.05, 0) is 0 Å². The standard InChI is InChI=1S/C21H43.BrH.Mg/c1-4-7-9-11-13-14-16-18-20-21(6-3)19-17-15-12-10-8-5-2;;/h21H,3-20H2,1-2H3;1H;/q;;+1/p-1. The van der Waals surface area contributed by atoms with Gasteiger partial charge in [-0.3, -0.25) is 0 Å². The fourth-order valence-electron chi connectivity index (χ4n) is 3.50. The van der Waals surface area contributed by atoms with Crippen LogP contribution in [-0.2, 0) is 0 Å². The van der Waals surface area contributed by atoms with Gasteiger partial charge in [0.15, 0.2) is 0 Å². The van der Waals surface area contributed by atoms with E-state index in [2.05, 4.69) is 35.6 Å². The van der Waals surface area contributed by atoms with Gasteiger partial charge in [0.25, 0.3) is 0 Å². The summed E-state index contributed by atoms with van der Waals surface area (Å²) in [6, 6.07) is 0. The van der Waals surface area contributed by atoms with E-state index in [9.17, 15) is 0 Å². The Labute approximate surface area is 171 Å². The van der Waals surface area contributed by atoms with Crippen LogP contribution in [0.15, 0.2) is 0 Å². The molecule has 0 aromatic carbocycles. The van der Waals surface area contributed by atoms with Crippen LogP contribution in [0.1, 0.15) is 123 Å². The first-order valence-electron chi connectivity index (χ1n) is 10.6. The second-order valence-electron chi connectivity index (χ2n) is 7.33. The first kappa shape index (κ1) is 26.5. The fourth-order valence-corrected chi connectivity index (χ4v) is 4.08. The van der Waals surface area contributed by atoms with Crippen molar-refractivity contribution >= 4 is 21.7 Å². The summed E-state index contributed by atoms with van der Waals surface area (Å²) in [6.45, 7) is 4.61. The van der Waals surface area contributed by atoms with Crippen molar-refractivity contribution < 1.29 is 17.0 Å². The molecule has 2 heteroatoms. The molecule has 0 radical (unpaired) electrons. The Hall–Kier alpha value is 1.25. The summed E-state index contributed by atoms with van der Waals surface area (Å²) in [5.74, 6) is 1.05. The van der Waals surface area contributed by atoms with Gasteiger partial charge >= 0.3 is 148 Å². The van der Waals surface area contributed by atoms with Crippen molar-refractivity contribution in [3.05, 3.63) is 0 Å². The molecule has 0 aliphatic carbocycles. The molecule has 0 saturated carbocycles. The Morgan fingerprint density at radius 3 is 1.22 bits per heavy atom. The van der Waals surface area contributed by atoms with E-state index in [4.69, 9.17) is 0 Å². The van der Waals surface area contributed by atoms with Gasteiger partial charge in [-0.25, -0.2) is 0 Å². The third kappa shape index (κ3) is 21.2. The number of hydrogen-bond acceptors (Lipinski definition) is 0. The van der Waals surface area contributed by atoms with Gasteiger partial charge in [-0.1, -0.05) is 6.92 Å². The summed E-state index contributed by atoms with van der Waals surface area (Å²) in [4.78, 5) is 0. The Morgan fingerprint density at radius 1 is 0.522 bits per heavy atom. The van der Waals surface area contributed by atoms with Gasteiger partial charge < -0.3 is 17.0 Å². The van der Waals surface area contributed by atoms with Crippen molar-refractivity contribution in [3.8, 4) is 0 Å². The molecule has 0 nitrogen and oxygen atoms in total. The molecule has 0 amide bonds. The molecule has 0 fully saturated rings. The molecule has 136 valence electrons. The predicted octanol–water partition coefficient (Wildman–Crippen LogP) is 4.86. The average Bonchev–Trinajstić information content (AvgIpc) is 2.53. The fraction of sp³-hybridized carbons (Fsp3) is 1.00. The minimum absolute atomic E-state index is 0. The van der Waals surface area contributed by atoms with Crippen LogP contribution in [0.25, 0.3) is 0 Å². The van der Waals surface area contributed by atoms with Crippen LogP contribution < -0.4 is 17.0 Å². The van der Waals surface area contributed by atoms with Gasteiger partial charge in [0, 0.05) is 0 Å². The maximum atomic E-state index is 2.31. The number of rotatable bonds is 18. The SMILES string of the molecule is CCCCCCCCCCC(C[CH2][Mg+])CCCCCCCC.[Br-]. The Balaban J connectivity index is 0. The summed E-state index contributed by atoms with van der Waals surface area (Å²) in [5, 5.41) is 0. The van der Waals surface area contributed by atoms with Gasteiger partial charge in [-0.15, -0.1) is 0 Å². The maximum absolute atomic E-state index is 2.31.